The average molecular weight is 451 g/mol. The highest BCUT2D eigenvalue weighted by Crippen LogP contribution is 2.53. The third-order valence-corrected chi connectivity index (χ3v) is 7.79. The van der Waals surface area contributed by atoms with E-state index in [1.807, 2.05) is 24.3 Å². The molecule has 1 heterocycles. The SMILES string of the molecule is NCCNC(=S)Nc1ccc(-c2nc(N)cc(C3(S(=O)(=O)CCCO)CC3)n2)cc1. The zero-order valence-electron chi connectivity index (χ0n) is 16.5. The van der Waals surface area contributed by atoms with Gasteiger partial charge in [-0.05, 0) is 55.7 Å². The van der Waals surface area contributed by atoms with Crippen molar-refractivity contribution in [2.75, 3.05) is 36.5 Å². The van der Waals surface area contributed by atoms with E-state index >= 15 is 0 Å². The number of hydrogen-bond acceptors (Lipinski definition) is 8. The smallest absolute Gasteiger partial charge is 0.170 e. The zero-order valence-corrected chi connectivity index (χ0v) is 18.1. The Hall–Kier alpha value is -2.34. The molecule has 0 bridgehead atoms. The highest BCUT2D eigenvalue weighted by atomic mass is 32.2. The Bertz CT molecular complexity index is 1010. The molecule has 1 aromatic heterocycles. The third-order valence-electron chi connectivity index (χ3n) is 4.91. The van der Waals surface area contributed by atoms with Crippen LogP contribution in [-0.2, 0) is 14.6 Å². The fourth-order valence-electron chi connectivity index (χ4n) is 3.18. The summed E-state index contributed by atoms with van der Waals surface area (Å²) < 4.78 is 24.6. The van der Waals surface area contributed by atoms with Crippen molar-refractivity contribution in [2.45, 2.75) is 24.0 Å². The average Bonchev–Trinajstić information content (AvgIpc) is 3.54. The number of aliphatic hydroxyl groups is 1. The van der Waals surface area contributed by atoms with Gasteiger partial charge in [0.05, 0.1) is 11.4 Å². The van der Waals surface area contributed by atoms with Crippen molar-refractivity contribution in [2.24, 2.45) is 5.73 Å². The second kappa shape index (κ2) is 9.21. The lowest BCUT2D eigenvalue weighted by molar-refractivity contribution is 0.295. The molecule has 0 saturated heterocycles. The van der Waals surface area contributed by atoms with E-state index in [0.29, 0.717) is 48.1 Å². The number of nitrogen functional groups attached to an aromatic ring is 1. The van der Waals surface area contributed by atoms with Gasteiger partial charge >= 0.3 is 0 Å². The number of rotatable bonds is 9. The number of hydrogen-bond donors (Lipinski definition) is 5. The molecule has 11 heteroatoms. The molecule has 0 amide bonds. The Morgan fingerprint density at radius 2 is 1.93 bits per heavy atom. The molecule has 0 aliphatic heterocycles. The van der Waals surface area contributed by atoms with Gasteiger partial charge in [-0.3, -0.25) is 0 Å². The summed E-state index contributed by atoms with van der Waals surface area (Å²) in [7, 11) is -3.45. The summed E-state index contributed by atoms with van der Waals surface area (Å²) in [4.78, 5) is 8.82. The van der Waals surface area contributed by atoms with Crippen molar-refractivity contribution in [1.29, 1.82) is 0 Å². The largest absolute Gasteiger partial charge is 0.396 e. The van der Waals surface area contributed by atoms with Gasteiger partial charge in [-0.2, -0.15) is 0 Å². The van der Waals surface area contributed by atoms with Crippen molar-refractivity contribution in [3.8, 4) is 11.4 Å². The van der Waals surface area contributed by atoms with Gasteiger partial charge in [0.25, 0.3) is 0 Å². The molecule has 1 aliphatic rings. The molecule has 3 rings (SSSR count). The second-order valence-electron chi connectivity index (χ2n) is 7.14. The number of nitrogens with two attached hydrogens (primary N) is 2. The molecule has 2 aromatic rings. The number of aliphatic hydroxyl groups excluding tert-OH is 1. The molecular weight excluding hydrogens is 424 g/mol. The first-order chi connectivity index (χ1) is 14.3. The Labute approximate surface area is 181 Å². The first-order valence-electron chi connectivity index (χ1n) is 9.65. The molecule has 1 fully saturated rings. The van der Waals surface area contributed by atoms with Crippen LogP contribution in [0.5, 0.6) is 0 Å². The molecule has 1 aliphatic carbocycles. The van der Waals surface area contributed by atoms with Crippen LogP contribution in [0.2, 0.25) is 0 Å². The van der Waals surface area contributed by atoms with E-state index in [1.165, 1.54) is 6.07 Å². The third kappa shape index (κ3) is 4.86. The number of thiocarbonyl (C=S) groups is 1. The number of aromatic nitrogens is 2. The maximum absolute atomic E-state index is 12.8. The van der Waals surface area contributed by atoms with E-state index in [0.717, 1.165) is 5.69 Å². The predicted octanol–water partition coefficient (Wildman–Crippen LogP) is 0.757. The van der Waals surface area contributed by atoms with Crippen molar-refractivity contribution < 1.29 is 13.5 Å². The van der Waals surface area contributed by atoms with Crippen LogP contribution in [-0.4, -0.2) is 54.1 Å². The van der Waals surface area contributed by atoms with Crippen molar-refractivity contribution in [3.05, 3.63) is 36.0 Å². The number of nitrogens with one attached hydrogen (secondary N) is 2. The molecular formula is C19H26N6O3S2. The van der Waals surface area contributed by atoms with Crippen LogP contribution >= 0.6 is 12.2 Å². The van der Waals surface area contributed by atoms with E-state index in [9.17, 15) is 8.42 Å². The Kier molecular flexibility index (Phi) is 6.86. The van der Waals surface area contributed by atoms with Gasteiger partial charge in [0.1, 0.15) is 10.6 Å². The monoisotopic (exact) mass is 450 g/mol. The molecule has 162 valence electrons. The molecule has 1 saturated carbocycles. The fraction of sp³-hybridized carbons (Fsp3) is 0.421. The van der Waals surface area contributed by atoms with Gasteiger partial charge in [-0.1, -0.05) is 0 Å². The van der Waals surface area contributed by atoms with Gasteiger partial charge in [-0.15, -0.1) is 0 Å². The lowest BCUT2D eigenvalue weighted by atomic mass is 10.1. The summed E-state index contributed by atoms with van der Waals surface area (Å²) in [6.07, 6.45) is 1.19. The lowest BCUT2D eigenvalue weighted by Crippen LogP contribution is -2.32. The molecule has 0 radical (unpaired) electrons. The molecule has 1 aromatic carbocycles. The molecule has 0 atom stereocenters. The zero-order chi connectivity index (χ0) is 21.8. The highest BCUT2D eigenvalue weighted by Gasteiger charge is 2.56. The first kappa shape index (κ1) is 22.3. The van der Waals surface area contributed by atoms with Crippen molar-refractivity contribution >= 4 is 38.7 Å². The minimum atomic E-state index is -3.45. The van der Waals surface area contributed by atoms with E-state index in [2.05, 4.69) is 20.6 Å². The van der Waals surface area contributed by atoms with Crippen molar-refractivity contribution in [1.82, 2.24) is 15.3 Å². The van der Waals surface area contributed by atoms with Gasteiger partial charge in [0.2, 0.25) is 0 Å². The van der Waals surface area contributed by atoms with Gasteiger partial charge in [-0.25, -0.2) is 18.4 Å². The summed E-state index contributed by atoms with van der Waals surface area (Å²) >= 11 is 5.18. The van der Waals surface area contributed by atoms with E-state index in [1.54, 1.807) is 0 Å². The summed E-state index contributed by atoms with van der Waals surface area (Å²) in [5.41, 5.74) is 13.3. The Morgan fingerprint density at radius 3 is 2.53 bits per heavy atom. The standard InChI is InChI=1S/C19H26N6O3S2/c20-8-9-22-18(29)23-14-4-2-13(3-5-14)17-24-15(12-16(21)25-17)19(6-7-19)30(27,28)11-1-10-26/h2-5,12,26H,1,6-11,20H2,(H2,21,24,25)(H2,22,23,29). The van der Waals surface area contributed by atoms with Crippen molar-refractivity contribution in [3.63, 3.8) is 0 Å². The number of benzene rings is 1. The lowest BCUT2D eigenvalue weighted by Gasteiger charge is -2.17. The predicted molar refractivity (Wildman–Crippen MR) is 122 cm³/mol. The van der Waals surface area contributed by atoms with Crippen LogP contribution < -0.4 is 22.1 Å². The first-order valence-corrected chi connectivity index (χ1v) is 11.7. The van der Waals surface area contributed by atoms with Crippen LogP contribution in [0.3, 0.4) is 0 Å². The van der Waals surface area contributed by atoms with Crippen LogP contribution in [0.4, 0.5) is 11.5 Å². The Morgan fingerprint density at radius 1 is 1.23 bits per heavy atom. The maximum atomic E-state index is 12.8. The minimum Gasteiger partial charge on any atom is -0.396 e. The topological polar surface area (TPSA) is 156 Å². The fourth-order valence-corrected chi connectivity index (χ4v) is 5.45. The normalized spacial score (nSPS) is 14.9. The number of anilines is 2. The number of sulfone groups is 1. The van der Waals surface area contributed by atoms with Crippen LogP contribution in [0.1, 0.15) is 25.0 Å². The summed E-state index contributed by atoms with van der Waals surface area (Å²) in [6, 6.07) is 8.80. The maximum Gasteiger partial charge on any atom is 0.170 e. The van der Waals surface area contributed by atoms with E-state index in [-0.39, 0.29) is 24.6 Å². The van der Waals surface area contributed by atoms with E-state index in [4.69, 9.17) is 28.8 Å². The molecule has 0 unspecified atom stereocenters. The number of nitrogens with zero attached hydrogens (tertiary/aromatic N) is 2. The van der Waals surface area contributed by atoms with Crippen LogP contribution in [0, 0.1) is 0 Å². The highest BCUT2D eigenvalue weighted by molar-refractivity contribution is 7.92. The van der Waals surface area contributed by atoms with Crippen LogP contribution in [0.25, 0.3) is 11.4 Å². The van der Waals surface area contributed by atoms with Gasteiger partial charge < -0.3 is 27.2 Å². The van der Waals surface area contributed by atoms with Gasteiger partial charge in [0.15, 0.2) is 20.8 Å². The molecule has 30 heavy (non-hydrogen) atoms. The van der Waals surface area contributed by atoms with E-state index < -0.39 is 14.6 Å². The Balaban J connectivity index is 1.83. The van der Waals surface area contributed by atoms with Gasteiger partial charge in [0, 0.05) is 37.0 Å². The summed E-state index contributed by atoms with van der Waals surface area (Å²) in [5.74, 6) is 0.498. The minimum absolute atomic E-state index is 0.0821. The molecule has 0 spiro atoms. The second-order valence-corrected chi connectivity index (χ2v) is 9.97. The van der Waals surface area contributed by atoms with Crippen LogP contribution in [0.15, 0.2) is 30.3 Å². The molecule has 9 nitrogen and oxygen atoms in total. The molecule has 7 N–H and O–H groups in total. The summed E-state index contributed by atoms with van der Waals surface area (Å²) in [5, 5.41) is 15.5. The summed E-state index contributed by atoms with van der Waals surface area (Å²) in [6.45, 7) is 0.887. The quantitative estimate of drug-likeness (QED) is 0.346.